The maximum atomic E-state index is 15.4. The SMILES string of the molecule is CCCCC[C@@H]1CC[C@@H]2c3cc(F)c(-c4cc(F)c(C#N)c(F)c4)c(F)c3CC[C@H]2C1. The van der Waals surface area contributed by atoms with Crippen molar-refractivity contribution < 1.29 is 17.6 Å². The highest BCUT2D eigenvalue weighted by Gasteiger charge is 2.37. The largest absolute Gasteiger partial charge is 0.206 e. The highest BCUT2D eigenvalue weighted by Crippen LogP contribution is 2.49. The molecule has 0 heterocycles. The molecule has 0 spiro atoms. The number of nitrogens with zero attached hydrogens (tertiary/aromatic N) is 1. The Balaban J connectivity index is 1.64. The molecule has 0 radical (unpaired) electrons. The summed E-state index contributed by atoms with van der Waals surface area (Å²) in [5.74, 6) is -2.45. The second-order valence-electron chi connectivity index (χ2n) is 9.12. The van der Waals surface area contributed by atoms with Gasteiger partial charge in [0.1, 0.15) is 34.9 Å². The van der Waals surface area contributed by atoms with Crippen LogP contribution in [-0.2, 0) is 6.42 Å². The lowest BCUT2D eigenvalue weighted by atomic mass is 9.64. The van der Waals surface area contributed by atoms with E-state index in [0.717, 1.165) is 43.4 Å². The van der Waals surface area contributed by atoms with Crippen molar-refractivity contribution in [2.24, 2.45) is 11.8 Å². The summed E-state index contributed by atoms with van der Waals surface area (Å²) in [4.78, 5) is 0. The van der Waals surface area contributed by atoms with E-state index in [1.807, 2.05) is 0 Å². The molecule has 2 aromatic carbocycles. The van der Waals surface area contributed by atoms with Crippen molar-refractivity contribution in [1.82, 2.24) is 0 Å². The summed E-state index contributed by atoms with van der Waals surface area (Å²) in [6.45, 7) is 2.20. The molecule has 1 fully saturated rings. The second kappa shape index (κ2) is 9.02. The number of benzene rings is 2. The summed E-state index contributed by atoms with van der Waals surface area (Å²) in [5.41, 5.74) is -0.161. The maximum absolute atomic E-state index is 15.4. The first-order valence-corrected chi connectivity index (χ1v) is 11.3. The van der Waals surface area contributed by atoms with Crippen molar-refractivity contribution >= 4 is 0 Å². The summed E-state index contributed by atoms with van der Waals surface area (Å²) in [6, 6.07) is 4.49. The summed E-state index contributed by atoms with van der Waals surface area (Å²) >= 11 is 0. The lowest BCUT2D eigenvalue weighted by Gasteiger charge is -2.41. The van der Waals surface area contributed by atoms with Gasteiger partial charge >= 0.3 is 0 Å². The van der Waals surface area contributed by atoms with E-state index in [1.165, 1.54) is 37.8 Å². The van der Waals surface area contributed by atoms with Gasteiger partial charge in [-0.1, -0.05) is 32.6 Å². The molecule has 31 heavy (non-hydrogen) atoms. The molecule has 2 aromatic rings. The van der Waals surface area contributed by atoms with E-state index in [1.54, 1.807) is 0 Å². The fourth-order valence-corrected chi connectivity index (χ4v) is 5.72. The van der Waals surface area contributed by atoms with Gasteiger partial charge in [-0.2, -0.15) is 5.26 Å². The van der Waals surface area contributed by atoms with E-state index in [4.69, 9.17) is 5.26 Å². The Kier molecular flexibility index (Phi) is 6.36. The minimum absolute atomic E-state index is 0.152. The van der Waals surface area contributed by atoms with Gasteiger partial charge in [-0.3, -0.25) is 0 Å². The summed E-state index contributed by atoms with van der Waals surface area (Å²) in [7, 11) is 0. The molecule has 0 bridgehead atoms. The highest BCUT2D eigenvalue weighted by atomic mass is 19.1. The first-order valence-electron chi connectivity index (χ1n) is 11.3. The van der Waals surface area contributed by atoms with Gasteiger partial charge in [0, 0.05) is 0 Å². The zero-order valence-corrected chi connectivity index (χ0v) is 17.8. The Morgan fingerprint density at radius 3 is 2.39 bits per heavy atom. The minimum atomic E-state index is -1.12. The fourth-order valence-electron chi connectivity index (χ4n) is 5.72. The number of fused-ring (bicyclic) bond motifs is 3. The van der Waals surface area contributed by atoms with Crippen molar-refractivity contribution in [2.75, 3.05) is 0 Å². The van der Waals surface area contributed by atoms with Crippen LogP contribution in [0.1, 0.15) is 80.9 Å². The molecule has 1 nitrogen and oxygen atoms in total. The van der Waals surface area contributed by atoms with Crippen LogP contribution in [0, 0.1) is 46.4 Å². The van der Waals surface area contributed by atoms with E-state index in [2.05, 4.69) is 6.92 Å². The number of halogens is 4. The van der Waals surface area contributed by atoms with Crippen LogP contribution in [0.25, 0.3) is 11.1 Å². The molecular weight excluding hydrogens is 402 g/mol. The first kappa shape index (κ1) is 21.9. The van der Waals surface area contributed by atoms with Crippen molar-refractivity contribution in [3.63, 3.8) is 0 Å². The lowest BCUT2D eigenvalue weighted by Crippen LogP contribution is -2.29. The van der Waals surface area contributed by atoms with Crippen LogP contribution in [0.2, 0.25) is 0 Å². The molecule has 5 heteroatoms. The lowest BCUT2D eigenvalue weighted by molar-refractivity contribution is 0.197. The molecule has 0 unspecified atom stereocenters. The number of nitriles is 1. The van der Waals surface area contributed by atoms with Gasteiger partial charge in [0.2, 0.25) is 0 Å². The average molecular weight is 430 g/mol. The van der Waals surface area contributed by atoms with Gasteiger partial charge in [0.05, 0.1) is 5.56 Å². The summed E-state index contributed by atoms with van der Waals surface area (Å²) in [5, 5.41) is 8.84. The van der Waals surface area contributed by atoms with Gasteiger partial charge in [-0.15, -0.1) is 0 Å². The molecule has 4 rings (SSSR count). The van der Waals surface area contributed by atoms with Crippen LogP contribution in [0.4, 0.5) is 17.6 Å². The van der Waals surface area contributed by atoms with Gasteiger partial charge in [-0.25, -0.2) is 17.6 Å². The molecule has 0 saturated heterocycles. The van der Waals surface area contributed by atoms with E-state index < -0.39 is 34.4 Å². The van der Waals surface area contributed by atoms with Gasteiger partial charge < -0.3 is 0 Å². The molecule has 0 N–H and O–H groups in total. The van der Waals surface area contributed by atoms with Crippen molar-refractivity contribution in [3.8, 4) is 17.2 Å². The number of hydrogen-bond acceptors (Lipinski definition) is 1. The van der Waals surface area contributed by atoms with E-state index >= 15 is 8.78 Å². The molecule has 0 aliphatic heterocycles. The Labute approximate surface area is 181 Å². The third kappa shape index (κ3) is 4.10. The Morgan fingerprint density at radius 1 is 0.968 bits per heavy atom. The number of unbranched alkanes of at least 4 members (excludes halogenated alkanes) is 2. The molecular formula is C26H27F4N. The minimum Gasteiger partial charge on any atom is -0.206 e. The van der Waals surface area contributed by atoms with E-state index in [0.29, 0.717) is 23.8 Å². The van der Waals surface area contributed by atoms with Crippen LogP contribution >= 0.6 is 0 Å². The monoisotopic (exact) mass is 429 g/mol. The average Bonchev–Trinajstić information content (AvgIpc) is 2.73. The Hall–Kier alpha value is -2.35. The second-order valence-corrected chi connectivity index (χ2v) is 9.12. The standard InChI is InChI=1S/C26H27F4N/c1-2-3-4-5-15-6-8-18-16(10-15)7-9-19-20(18)13-24(29)25(26(19)30)17-11-22(27)21(14-31)23(28)12-17/h11-13,15-16,18H,2-10H2,1H3/t15-,16+,18+/m1/s1. The Morgan fingerprint density at radius 2 is 1.71 bits per heavy atom. The first-order chi connectivity index (χ1) is 14.9. The normalized spacial score (nSPS) is 22.5. The molecule has 3 atom stereocenters. The van der Waals surface area contributed by atoms with Crippen LogP contribution in [0.5, 0.6) is 0 Å². The Bertz CT molecular complexity index is 1000. The van der Waals surface area contributed by atoms with Crippen molar-refractivity contribution in [3.05, 3.63) is 58.2 Å². The number of rotatable bonds is 5. The van der Waals surface area contributed by atoms with Crippen LogP contribution in [0.3, 0.4) is 0 Å². The van der Waals surface area contributed by atoms with Gasteiger partial charge in [0.15, 0.2) is 0 Å². The number of hydrogen-bond donors (Lipinski definition) is 0. The zero-order valence-electron chi connectivity index (χ0n) is 17.8. The highest BCUT2D eigenvalue weighted by molar-refractivity contribution is 5.68. The molecule has 164 valence electrons. The van der Waals surface area contributed by atoms with Gasteiger partial charge in [-0.05, 0) is 84.7 Å². The molecule has 0 amide bonds. The van der Waals surface area contributed by atoms with Crippen LogP contribution in [0.15, 0.2) is 18.2 Å². The molecule has 1 saturated carbocycles. The van der Waals surface area contributed by atoms with E-state index in [-0.39, 0.29) is 11.5 Å². The fraction of sp³-hybridized carbons (Fsp3) is 0.500. The van der Waals surface area contributed by atoms with Crippen molar-refractivity contribution in [1.29, 1.82) is 5.26 Å². The zero-order chi connectivity index (χ0) is 22.1. The predicted octanol–water partition coefficient (Wildman–Crippen LogP) is 7.81. The third-order valence-electron chi connectivity index (χ3n) is 7.27. The van der Waals surface area contributed by atoms with Crippen LogP contribution in [-0.4, -0.2) is 0 Å². The topological polar surface area (TPSA) is 23.8 Å². The summed E-state index contributed by atoms with van der Waals surface area (Å²) < 4.78 is 58.6. The van der Waals surface area contributed by atoms with Crippen molar-refractivity contribution in [2.45, 2.75) is 70.6 Å². The van der Waals surface area contributed by atoms with Crippen LogP contribution < -0.4 is 0 Å². The molecule has 2 aliphatic rings. The quantitative estimate of drug-likeness (QED) is 0.351. The van der Waals surface area contributed by atoms with Gasteiger partial charge in [0.25, 0.3) is 0 Å². The molecule has 2 aliphatic carbocycles. The van der Waals surface area contributed by atoms with E-state index in [9.17, 15) is 8.78 Å². The maximum Gasteiger partial charge on any atom is 0.144 e. The smallest absolute Gasteiger partial charge is 0.144 e. The third-order valence-corrected chi connectivity index (χ3v) is 7.27. The molecule has 0 aromatic heterocycles. The predicted molar refractivity (Wildman–Crippen MR) is 112 cm³/mol. The summed E-state index contributed by atoms with van der Waals surface area (Å²) in [6.07, 6.45) is 9.46.